The summed E-state index contributed by atoms with van der Waals surface area (Å²) in [6.45, 7) is 9.49. The van der Waals surface area contributed by atoms with Gasteiger partial charge in [0.05, 0.1) is 24.4 Å². The number of esters is 1. The number of aromatic nitrogens is 1. The maximum atomic E-state index is 13.1. The van der Waals surface area contributed by atoms with E-state index in [1.54, 1.807) is 6.92 Å². The summed E-state index contributed by atoms with van der Waals surface area (Å²) in [5.41, 5.74) is 5.10. The Balaban J connectivity index is 1.82. The Hall–Kier alpha value is -2.40. The smallest absolute Gasteiger partial charge is 0.340 e. The van der Waals surface area contributed by atoms with Crippen molar-refractivity contribution >= 4 is 11.8 Å². The predicted octanol–water partition coefficient (Wildman–Crippen LogP) is 2.02. The van der Waals surface area contributed by atoms with Crippen molar-refractivity contribution in [3.8, 4) is 0 Å². The lowest BCUT2D eigenvalue weighted by atomic mass is 9.97. The number of ketones is 1. The molecule has 5 heteroatoms. The Morgan fingerprint density at radius 3 is 2.62 bits per heavy atom. The fourth-order valence-electron chi connectivity index (χ4n) is 3.88. The molecule has 0 spiro atoms. The minimum absolute atomic E-state index is 0.0514. The molecular weight excluding hydrogens is 328 g/mol. The second-order valence-corrected chi connectivity index (χ2v) is 7.04. The number of ether oxygens (including phenoxy) is 1. The van der Waals surface area contributed by atoms with Gasteiger partial charge in [-0.15, -0.1) is 0 Å². The number of Topliss-reactive ketones (excluding diaryl/α,β-unsaturated/α-hetero) is 1. The lowest BCUT2D eigenvalue weighted by Crippen LogP contribution is -3.16. The Morgan fingerprint density at radius 2 is 1.92 bits per heavy atom. The predicted molar refractivity (Wildman–Crippen MR) is 99.7 cm³/mol. The molecule has 0 aliphatic carbocycles. The van der Waals surface area contributed by atoms with E-state index in [9.17, 15) is 9.59 Å². The van der Waals surface area contributed by atoms with E-state index in [2.05, 4.69) is 29.2 Å². The SMILES string of the molecule is CCOC(=O)c1c(C)[nH]c(C(=O)[C@H](C)[NH+]2CCc3ccccc3C2)c1C. The first-order valence-electron chi connectivity index (χ1n) is 9.25. The number of aromatic amines is 1. The summed E-state index contributed by atoms with van der Waals surface area (Å²) in [5, 5.41) is 0. The van der Waals surface area contributed by atoms with Crippen LogP contribution in [0.4, 0.5) is 0 Å². The number of quaternary nitrogens is 1. The van der Waals surface area contributed by atoms with Crippen LogP contribution < -0.4 is 4.90 Å². The van der Waals surface area contributed by atoms with Crippen LogP contribution in [0.3, 0.4) is 0 Å². The summed E-state index contributed by atoms with van der Waals surface area (Å²) in [6, 6.07) is 8.27. The molecule has 1 aliphatic rings. The molecule has 0 saturated heterocycles. The van der Waals surface area contributed by atoms with Crippen LogP contribution >= 0.6 is 0 Å². The summed E-state index contributed by atoms with van der Waals surface area (Å²) in [6.07, 6.45) is 0.986. The van der Waals surface area contributed by atoms with Gasteiger partial charge in [0.1, 0.15) is 6.54 Å². The third-order valence-corrected chi connectivity index (χ3v) is 5.42. The van der Waals surface area contributed by atoms with Gasteiger partial charge in [-0.1, -0.05) is 24.3 Å². The topological polar surface area (TPSA) is 63.6 Å². The highest BCUT2D eigenvalue weighted by molar-refractivity contribution is 6.03. The summed E-state index contributed by atoms with van der Waals surface area (Å²) in [4.78, 5) is 29.7. The zero-order valence-corrected chi connectivity index (χ0v) is 15.9. The number of rotatable bonds is 5. The van der Waals surface area contributed by atoms with Crippen molar-refractivity contribution < 1.29 is 19.2 Å². The number of aryl methyl sites for hydroxylation is 1. The van der Waals surface area contributed by atoms with Gasteiger partial charge in [0.15, 0.2) is 6.04 Å². The first-order valence-corrected chi connectivity index (χ1v) is 9.25. The number of nitrogens with one attached hydrogen (secondary N) is 2. The van der Waals surface area contributed by atoms with Crippen LogP contribution in [0.5, 0.6) is 0 Å². The van der Waals surface area contributed by atoms with Gasteiger partial charge in [0, 0.05) is 17.7 Å². The standard InChI is InChI=1S/C21H26N2O3/c1-5-26-21(25)18-13(2)19(22-14(18)3)20(24)15(4)23-11-10-16-8-6-7-9-17(16)12-23/h6-9,15,22H,5,10-12H2,1-4H3/p+1/t15-/m0/s1. The minimum Gasteiger partial charge on any atom is -0.462 e. The average Bonchev–Trinajstić information content (AvgIpc) is 2.94. The molecule has 5 nitrogen and oxygen atoms in total. The summed E-state index contributed by atoms with van der Waals surface area (Å²) in [7, 11) is 0. The van der Waals surface area contributed by atoms with E-state index in [0.717, 1.165) is 19.5 Å². The molecule has 0 amide bonds. The Morgan fingerprint density at radius 1 is 1.23 bits per heavy atom. The fraction of sp³-hybridized carbons (Fsp3) is 0.429. The van der Waals surface area contributed by atoms with Crippen molar-refractivity contribution in [1.82, 2.24) is 4.98 Å². The number of carbonyl (C=O) groups excluding carboxylic acids is 2. The van der Waals surface area contributed by atoms with E-state index in [1.807, 2.05) is 20.8 Å². The Bertz CT molecular complexity index is 838. The Labute approximate surface area is 154 Å². The van der Waals surface area contributed by atoms with Crippen LogP contribution in [0.15, 0.2) is 24.3 Å². The largest absolute Gasteiger partial charge is 0.462 e. The second kappa shape index (κ2) is 7.46. The highest BCUT2D eigenvalue weighted by atomic mass is 16.5. The van der Waals surface area contributed by atoms with Crippen molar-refractivity contribution in [2.75, 3.05) is 13.2 Å². The van der Waals surface area contributed by atoms with Crippen LogP contribution in [0, 0.1) is 13.8 Å². The van der Waals surface area contributed by atoms with E-state index < -0.39 is 0 Å². The highest BCUT2D eigenvalue weighted by Crippen LogP contribution is 2.20. The van der Waals surface area contributed by atoms with Crippen molar-refractivity contribution in [1.29, 1.82) is 0 Å². The molecule has 2 atom stereocenters. The van der Waals surface area contributed by atoms with Crippen molar-refractivity contribution in [3.05, 3.63) is 57.9 Å². The maximum Gasteiger partial charge on any atom is 0.340 e. The van der Waals surface area contributed by atoms with Crippen molar-refractivity contribution in [3.63, 3.8) is 0 Å². The minimum atomic E-state index is -0.371. The van der Waals surface area contributed by atoms with E-state index in [0.29, 0.717) is 29.1 Å². The van der Waals surface area contributed by atoms with E-state index in [1.165, 1.54) is 16.0 Å². The third kappa shape index (κ3) is 3.31. The molecule has 0 radical (unpaired) electrons. The molecule has 1 aliphatic heterocycles. The van der Waals surface area contributed by atoms with Gasteiger partial charge in [-0.05, 0) is 38.8 Å². The molecule has 2 heterocycles. The molecular formula is C21H27N2O3+. The third-order valence-electron chi connectivity index (χ3n) is 5.42. The van der Waals surface area contributed by atoms with Gasteiger partial charge < -0.3 is 14.6 Å². The van der Waals surface area contributed by atoms with E-state index in [4.69, 9.17) is 4.74 Å². The van der Waals surface area contributed by atoms with Crippen LogP contribution in [0.2, 0.25) is 0 Å². The molecule has 0 fully saturated rings. The maximum absolute atomic E-state index is 13.1. The van der Waals surface area contributed by atoms with Gasteiger partial charge in [0.25, 0.3) is 0 Å². The Kier molecular flexibility index (Phi) is 5.28. The summed E-state index contributed by atoms with van der Waals surface area (Å²) in [5.74, 6) is -0.319. The van der Waals surface area contributed by atoms with Gasteiger partial charge in [-0.3, -0.25) is 4.79 Å². The highest BCUT2D eigenvalue weighted by Gasteiger charge is 2.32. The molecule has 1 aromatic heterocycles. The quantitative estimate of drug-likeness (QED) is 0.637. The molecule has 138 valence electrons. The molecule has 0 bridgehead atoms. The van der Waals surface area contributed by atoms with Crippen molar-refractivity contribution in [2.24, 2.45) is 0 Å². The molecule has 1 unspecified atom stereocenters. The lowest BCUT2D eigenvalue weighted by Gasteiger charge is -2.30. The molecule has 2 N–H and O–H groups in total. The molecule has 26 heavy (non-hydrogen) atoms. The van der Waals surface area contributed by atoms with Gasteiger partial charge >= 0.3 is 5.97 Å². The van der Waals surface area contributed by atoms with Crippen LogP contribution in [0.25, 0.3) is 0 Å². The summed E-state index contributed by atoms with van der Waals surface area (Å²) >= 11 is 0. The van der Waals surface area contributed by atoms with Crippen molar-refractivity contribution in [2.45, 2.75) is 46.7 Å². The zero-order chi connectivity index (χ0) is 18.8. The number of carbonyl (C=O) groups is 2. The van der Waals surface area contributed by atoms with Gasteiger partial charge in [-0.2, -0.15) is 0 Å². The number of fused-ring (bicyclic) bond motifs is 1. The van der Waals surface area contributed by atoms with Gasteiger partial charge in [0.2, 0.25) is 5.78 Å². The van der Waals surface area contributed by atoms with Crippen LogP contribution in [-0.2, 0) is 17.7 Å². The van der Waals surface area contributed by atoms with E-state index >= 15 is 0 Å². The molecule has 0 saturated carbocycles. The normalized spacial score (nSPS) is 17.5. The number of H-pyrrole nitrogens is 1. The first-order chi connectivity index (χ1) is 12.4. The first kappa shape index (κ1) is 18.4. The number of hydrogen-bond acceptors (Lipinski definition) is 3. The van der Waals surface area contributed by atoms with Crippen LogP contribution in [0.1, 0.15) is 57.1 Å². The van der Waals surface area contributed by atoms with E-state index in [-0.39, 0.29) is 17.8 Å². The van der Waals surface area contributed by atoms with Gasteiger partial charge in [-0.25, -0.2) is 4.79 Å². The monoisotopic (exact) mass is 355 g/mol. The average molecular weight is 355 g/mol. The molecule has 3 rings (SSSR count). The number of hydrogen-bond donors (Lipinski definition) is 2. The second-order valence-electron chi connectivity index (χ2n) is 7.04. The summed E-state index contributed by atoms with van der Waals surface area (Å²) < 4.78 is 5.12. The number of benzene rings is 1. The van der Waals surface area contributed by atoms with Crippen LogP contribution in [-0.4, -0.2) is 35.9 Å². The molecule has 1 aromatic carbocycles. The molecule has 2 aromatic rings. The fourth-order valence-corrected chi connectivity index (χ4v) is 3.88. The zero-order valence-electron chi connectivity index (χ0n) is 15.9. The lowest BCUT2D eigenvalue weighted by molar-refractivity contribution is -0.929.